The van der Waals surface area contributed by atoms with Gasteiger partial charge in [-0.15, -0.1) is 0 Å². The molecule has 0 spiro atoms. The van der Waals surface area contributed by atoms with Gasteiger partial charge in [-0.2, -0.15) is 10.1 Å². The van der Waals surface area contributed by atoms with Crippen molar-refractivity contribution in [2.75, 3.05) is 13.1 Å². The molecule has 3 atom stereocenters. The summed E-state index contributed by atoms with van der Waals surface area (Å²) in [5.41, 5.74) is 0.268. The maximum atomic E-state index is 12.5. The van der Waals surface area contributed by atoms with Crippen LogP contribution in [-0.2, 0) is 6.54 Å². The maximum Gasteiger partial charge on any atom is 0.407 e. The third-order valence-corrected chi connectivity index (χ3v) is 5.15. The van der Waals surface area contributed by atoms with Crippen LogP contribution in [-0.4, -0.2) is 54.1 Å². The van der Waals surface area contributed by atoms with E-state index in [1.54, 1.807) is 18.3 Å². The minimum atomic E-state index is -0.888. The molecule has 2 fully saturated rings. The van der Waals surface area contributed by atoms with E-state index in [1.807, 2.05) is 0 Å². The van der Waals surface area contributed by atoms with Gasteiger partial charge in [0.05, 0.1) is 17.1 Å². The van der Waals surface area contributed by atoms with Gasteiger partial charge in [-0.1, -0.05) is 5.16 Å². The Kier molecular flexibility index (Phi) is 3.08. The normalized spacial score (nSPS) is 24.0. The summed E-state index contributed by atoms with van der Waals surface area (Å²) >= 11 is 0. The molecule has 3 aromatic heterocycles. The minimum Gasteiger partial charge on any atom is -0.465 e. The van der Waals surface area contributed by atoms with Crippen LogP contribution in [0.1, 0.15) is 17.6 Å². The number of pyridine rings is 1. The lowest BCUT2D eigenvalue weighted by Crippen LogP contribution is -2.29. The molecule has 0 aromatic carbocycles. The van der Waals surface area contributed by atoms with Gasteiger partial charge in [-0.05, 0) is 24.0 Å². The van der Waals surface area contributed by atoms with E-state index < -0.39 is 6.09 Å². The standard InChI is InChI=1S/C16H14N6O4/c23-15-8-2-1-3-17-11(8)4-18-22(15)7-12-19-14(20-26-12)13-9-5-21(16(24)25)6-10(9)13/h1-4,9-10,13H,5-7H2,(H,24,25)/t9-,10+,13?. The average molecular weight is 354 g/mol. The Labute approximate surface area is 146 Å². The highest BCUT2D eigenvalue weighted by molar-refractivity contribution is 5.75. The number of hydrogen-bond acceptors (Lipinski definition) is 7. The Hall–Kier alpha value is -3.30. The van der Waals surface area contributed by atoms with Crippen LogP contribution >= 0.6 is 0 Å². The molecule has 1 saturated carbocycles. The van der Waals surface area contributed by atoms with Crippen molar-refractivity contribution in [1.82, 2.24) is 29.8 Å². The van der Waals surface area contributed by atoms with Crippen molar-refractivity contribution in [2.24, 2.45) is 11.8 Å². The van der Waals surface area contributed by atoms with Gasteiger partial charge < -0.3 is 14.5 Å². The van der Waals surface area contributed by atoms with Gasteiger partial charge in [0.2, 0.25) is 5.89 Å². The Morgan fingerprint density at radius 1 is 1.35 bits per heavy atom. The summed E-state index contributed by atoms with van der Waals surface area (Å²) in [5, 5.41) is 17.6. The van der Waals surface area contributed by atoms with Gasteiger partial charge in [0.25, 0.3) is 5.56 Å². The molecule has 0 bridgehead atoms. The molecular weight excluding hydrogens is 340 g/mol. The quantitative estimate of drug-likeness (QED) is 0.722. The number of aromatic nitrogens is 5. The van der Waals surface area contributed by atoms with Crippen molar-refractivity contribution in [3.8, 4) is 0 Å². The highest BCUT2D eigenvalue weighted by Crippen LogP contribution is 2.57. The predicted molar refractivity (Wildman–Crippen MR) is 86.5 cm³/mol. The number of nitrogens with zero attached hydrogens (tertiary/aromatic N) is 6. The number of carboxylic acid groups (broad SMARTS) is 1. The summed E-state index contributed by atoms with van der Waals surface area (Å²) < 4.78 is 6.54. The fourth-order valence-electron chi connectivity index (χ4n) is 3.79. The van der Waals surface area contributed by atoms with Crippen LogP contribution in [0.3, 0.4) is 0 Å². The second kappa shape index (κ2) is 5.35. The minimum absolute atomic E-state index is 0.0833. The summed E-state index contributed by atoms with van der Waals surface area (Å²) in [7, 11) is 0. The van der Waals surface area contributed by atoms with Crippen LogP contribution in [0.15, 0.2) is 33.8 Å². The highest BCUT2D eigenvalue weighted by Gasteiger charge is 2.59. The fourth-order valence-corrected chi connectivity index (χ4v) is 3.79. The van der Waals surface area contributed by atoms with E-state index in [9.17, 15) is 9.59 Å². The lowest BCUT2D eigenvalue weighted by Gasteiger charge is -2.14. The molecule has 10 heteroatoms. The molecule has 4 heterocycles. The molecule has 1 aliphatic carbocycles. The van der Waals surface area contributed by atoms with E-state index in [0.717, 1.165) is 0 Å². The number of amides is 1. The molecule has 10 nitrogen and oxygen atoms in total. The molecule has 1 N–H and O–H groups in total. The monoisotopic (exact) mass is 354 g/mol. The van der Waals surface area contributed by atoms with Crippen molar-refractivity contribution in [2.45, 2.75) is 12.5 Å². The highest BCUT2D eigenvalue weighted by atomic mass is 16.5. The fraction of sp³-hybridized carbons (Fsp3) is 0.375. The van der Waals surface area contributed by atoms with Crippen LogP contribution in [0.2, 0.25) is 0 Å². The van der Waals surface area contributed by atoms with E-state index in [-0.39, 0.29) is 29.9 Å². The number of likely N-dealkylation sites (tertiary alicyclic amines) is 1. The zero-order chi connectivity index (χ0) is 17.8. The first kappa shape index (κ1) is 15.0. The van der Waals surface area contributed by atoms with Crippen LogP contribution in [0.25, 0.3) is 10.9 Å². The molecule has 1 amide bonds. The SMILES string of the molecule is O=C(O)N1C[C@@H]2C(c3noc(Cn4ncc5ncccc5c4=O)n3)[C@@H]2C1. The first-order valence-electron chi connectivity index (χ1n) is 8.23. The Balaban J connectivity index is 1.34. The number of carbonyl (C=O) groups is 1. The van der Waals surface area contributed by atoms with Gasteiger partial charge in [0, 0.05) is 25.2 Å². The largest absolute Gasteiger partial charge is 0.465 e. The zero-order valence-corrected chi connectivity index (χ0v) is 13.5. The van der Waals surface area contributed by atoms with Gasteiger partial charge >= 0.3 is 6.09 Å². The van der Waals surface area contributed by atoms with E-state index >= 15 is 0 Å². The Morgan fingerprint density at radius 3 is 2.92 bits per heavy atom. The van der Waals surface area contributed by atoms with Gasteiger partial charge in [0.15, 0.2) is 5.82 Å². The average Bonchev–Trinajstić information content (AvgIpc) is 3.01. The number of fused-ring (bicyclic) bond motifs is 2. The molecular formula is C16H14N6O4. The number of hydrogen-bond donors (Lipinski definition) is 1. The molecule has 1 unspecified atom stereocenters. The summed E-state index contributed by atoms with van der Waals surface area (Å²) in [5.74, 6) is 1.52. The van der Waals surface area contributed by atoms with E-state index in [4.69, 9.17) is 9.63 Å². The molecule has 2 aliphatic rings. The van der Waals surface area contributed by atoms with E-state index in [1.165, 1.54) is 15.8 Å². The molecule has 3 aromatic rings. The van der Waals surface area contributed by atoms with Crippen LogP contribution in [0.5, 0.6) is 0 Å². The van der Waals surface area contributed by atoms with Crippen LogP contribution < -0.4 is 5.56 Å². The molecule has 5 rings (SSSR count). The third-order valence-electron chi connectivity index (χ3n) is 5.15. The smallest absolute Gasteiger partial charge is 0.407 e. The maximum absolute atomic E-state index is 12.5. The number of piperidine rings is 1. The summed E-state index contributed by atoms with van der Waals surface area (Å²) in [6.07, 6.45) is 2.25. The lowest BCUT2D eigenvalue weighted by atomic mass is 10.2. The van der Waals surface area contributed by atoms with E-state index in [0.29, 0.717) is 35.7 Å². The molecule has 1 saturated heterocycles. The third kappa shape index (κ3) is 2.25. The molecule has 26 heavy (non-hydrogen) atoms. The van der Waals surface area contributed by atoms with Crippen molar-refractivity contribution in [1.29, 1.82) is 0 Å². The zero-order valence-electron chi connectivity index (χ0n) is 13.5. The van der Waals surface area contributed by atoms with E-state index in [2.05, 4.69) is 20.2 Å². The topological polar surface area (TPSA) is 127 Å². The molecule has 1 aliphatic heterocycles. The second-order valence-electron chi connectivity index (χ2n) is 6.63. The van der Waals surface area contributed by atoms with Gasteiger partial charge in [0.1, 0.15) is 6.54 Å². The van der Waals surface area contributed by atoms with Crippen LogP contribution in [0, 0.1) is 11.8 Å². The van der Waals surface area contributed by atoms with Gasteiger partial charge in [-0.3, -0.25) is 9.78 Å². The summed E-state index contributed by atoms with van der Waals surface area (Å²) in [4.78, 5) is 33.3. The lowest BCUT2D eigenvalue weighted by molar-refractivity contribution is 0.149. The van der Waals surface area contributed by atoms with Gasteiger partial charge in [-0.25, -0.2) is 9.48 Å². The Morgan fingerprint density at radius 2 is 2.15 bits per heavy atom. The predicted octanol–water partition coefficient (Wildman–Crippen LogP) is 0.546. The Bertz CT molecular complexity index is 1060. The first-order valence-corrected chi connectivity index (χ1v) is 8.23. The van der Waals surface area contributed by atoms with Crippen molar-refractivity contribution >= 4 is 17.0 Å². The van der Waals surface area contributed by atoms with Crippen molar-refractivity contribution in [3.05, 3.63) is 46.6 Å². The van der Waals surface area contributed by atoms with Crippen LogP contribution in [0.4, 0.5) is 4.79 Å². The van der Waals surface area contributed by atoms with Crippen molar-refractivity contribution < 1.29 is 14.4 Å². The summed E-state index contributed by atoms with van der Waals surface area (Å²) in [6, 6.07) is 3.40. The molecule has 132 valence electrons. The second-order valence-corrected chi connectivity index (χ2v) is 6.63. The number of rotatable bonds is 3. The van der Waals surface area contributed by atoms with Crippen molar-refractivity contribution in [3.63, 3.8) is 0 Å². The first-order chi connectivity index (χ1) is 12.6. The molecule has 0 radical (unpaired) electrons. The summed E-state index contributed by atoms with van der Waals surface area (Å²) in [6.45, 7) is 1.10.